The van der Waals surface area contributed by atoms with E-state index in [4.69, 9.17) is 4.42 Å². The predicted molar refractivity (Wildman–Crippen MR) is 99.9 cm³/mol. The van der Waals surface area contributed by atoms with Crippen molar-refractivity contribution in [3.8, 4) is 11.5 Å². The summed E-state index contributed by atoms with van der Waals surface area (Å²) in [4.78, 5) is 6.32. The Morgan fingerprint density at radius 2 is 1.56 bits per heavy atom. The molecule has 27 heavy (non-hydrogen) atoms. The topological polar surface area (TPSA) is 58.0 Å². The Labute approximate surface area is 156 Å². The molecule has 136 valence electrons. The molecular formula is C21H19FN4O. The summed E-state index contributed by atoms with van der Waals surface area (Å²) in [5, 5.41) is 6.86. The van der Waals surface area contributed by atoms with Crippen LogP contribution in [0.3, 0.4) is 0 Å². The lowest BCUT2D eigenvalue weighted by atomic mass is 10.2. The van der Waals surface area contributed by atoms with Crippen LogP contribution in [0, 0.1) is 5.82 Å². The molecule has 0 aliphatic rings. The Morgan fingerprint density at radius 3 is 2.26 bits per heavy atom. The van der Waals surface area contributed by atoms with E-state index in [1.165, 1.54) is 12.1 Å². The van der Waals surface area contributed by atoms with Crippen LogP contribution in [-0.2, 0) is 19.6 Å². The molecular weight excluding hydrogens is 343 g/mol. The van der Waals surface area contributed by atoms with Gasteiger partial charge in [0.25, 0.3) is 0 Å². The lowest BCUT2D eigenvalue weighted by Gasteiger charge is -2.21. The fourth-order valence-corrected chi connectivity index (χ4v) is 2.98. The van der Waals surface area contributed by atoms with Crippen molar-refractivity contribution in [2.24, 2.45) is 0 Å². The third-order valence-electron chi connectivity index (χ3n) is 4.28. The molecule has 0 aliphatic carbocycles. The van der Waals surface area contributed by atoms with Gasteiger partial charge in [-0.05, 0) is 53.6 Å². The second-order valence-electron chi connectivity index (χ2n) is 6.36. The summed E-state index contributed by atoms with van der Waals surface area (Å²) < 4.78 is 19.2. The number of nitrogens with zero attached hydrogens (tertiary/aromatic N) is 3. The van der Waals surface area contributed by atoms with Gasteiger partial charge in [0.05, 0.1) is 6.54 Å². The lowest BCUT2D eigenvalue weighted by molar-refractivity contribution is 0.227. The number of halogens is 1. The molecule has 5 nitrogen and oxygen atoms in total. The summed E-state index contributed by atoms with van der Waals surface area (Å²) in [6.07, 6.45) is 5.27. The van der Waals surface area contributed by atoms with Crippen LogP contribution in [0.25, 0.3) is 11.5 Å². The zero-order chi connectivity index (χ0) is 18.5. The highest BCUT2D eigenvalue weighted by atomic mass is 19.1. The van der Waals surface area contributed by atoms with E-state index < -0.39 is 0 Å². The van der Waals surface area contributed by atoms with Crippen LogP contribution in [0.1, 0.15) is 16.9 Å². The van der Waals surface area contributed by atoms with Gasteiger partial charge in [0, 0.05) is 31.7 Å². The van der Waals surface area contributed by atoms with E-state index in [1.807, 2.05) is 42.5 Å². The summed E-state index contributed by atoms with van der Waals surface area (Å²) in [5.41, 5.74) is 3.05. The minimum absolute atomic E-state index is 0.227. The maximum atomic E-state index is 13.2. The highest BCUT2D eigenvalue weighted by Gasteiger charge is 2.12. The summed E-state index contributed by atoms with van der Waals surface area (Å²) in [6.45, 7) is 2.05. The van der Waals surface area contributed by atoms with Gasteiger partial charge in [0.15, 0.2) is 5.76 Å². The molecule has 1 aromatic carbocycles. The minimum Gasteiger partial charge on any atom is -0.458 e. The molecule has 0 radical (unpaired) electrons. The highest BCUT2D eigenvalue weighted by Crippen LogP contribution is 2.22. The van der Waals surface area contributed by atoms with E-state index in [0.717, 1.165) is 34.9 Å². The maximum Gasteiger partial charge on any atom is 0.152 e. The Bertz CT molecular complexity index is 965. The van der Waals surface area contributed by atoms with Gasteiger partial charge in [-0.1, -0.05) is 12.1 Å². The smallest absolute Gasteiger partial charge is 0.152 e. The zero-order valence-corrected chi connectivity index (χ0v) is 14.7. The number of hydrogen-bond acceptors (Lipinski definition) is 4. The van der Waals surface area contributed by atoms with Crippen molar-refractivity contribution >= 4 is 0 Å². The van der Waals surface area contributed by atoms with Gasteiger partial charge in [0.2, 0.25) is 0 Å². The molecule has 0 unspecified atom stereocenters. The number of pyridine rings is 1. The molecule has 1 N–H and O–H groups in total. The Kier molecular flexibility index (Phi) is 5.07. The Hall–Kier alpha value is -3.25. The van der Waals surface area contributed by atoms with Crippen molar-refractivity contribution in [2.75, 3.05) is 0 Å². The van der Waals surface area contributed by atoms with E-state index >= 15 is 0 Å². The molecule has 4 aromatic rings. The number of nitrogens with one attached hydrogen (secondary N) is 1. The molecule has 0 aliphatic heterocycles. The second kappa shape index (κ2) is 7.97. The molecule has 4 rings (SSSR count). The van der Waals surface area contributed by atoms with Gasteiger partial charge in [-0.25, -0.2) is 4.39 Å². The van der Waals surface area contributed by atoms with Gasteiger partial charge in [-0.15, -0.1) is 0 Å². The van der Waals surface area contributed by atoms with Crippen LogP contribution < -0.4 is 0 Å². The van der Waals surface area contributed by atoms with Gasteiger partial charge >= 0.3 is 0 Å². The molecule has 0 bridgehead atoms. The largest absolute Gasteiger partial charge is 0.458 e. The van der Waals surface area contributed by atoms with E-state index in [2.05, 4.69) is 20.1 Å². The molecule has 0 saturated carbocycles. The number of H-pyrrole nitrogens is 1. The number of aromatic nitrogens is 3. The number of furan rings is 1. The standard InChI is InChI=1S/C21H19FN4O/c22-18-3-1-16(2-4-18)13-26(14-17-7-10-23-11-8-17)15-19-5-6-21(27-19)20-9-12-24-25-20/h1-12H,13-15H2,(H,24,25). The molecule has 0 amide bonds. The van der Waals surface area contributed by atoms with Crippen LogP contribution in [0.15, 0.2) is 77.6 Å². The van der Waals surface area contributed by atoms with Crippen LogP contribution in [0.5, 0.6) is 0 Å². The van der Waals surface area contributed by atoms with Crippen molar-refractivity contribution in [1.29, 1.82) is 0 Å². The van der Waals surface area contributed by atoms with Crippen LogP contribution in [0.4, 0.5) is 4.39 Å². The van der Waals surface area contributed by atoms with Gasteiger partial charge in [0.1, 0.15) is 17.3 Å². The monoisotopic (exact) mass is 362 g/mol. The average molecular weight is 362 g/mol. The zero-order valence-electron chi connectivity index (χ0n) is 14.7. The first kappa shape index (κ1) is 17.2. The highest BCUT2D eigenvalue weighted by molar-refractivity contribution is 5.51. The van der Waals surface area contributed by atoms with E-state index in [0.29, 0.717) is 13.1 Å². The predicted octanol–water partition coefficient (Wildman–Crippen LogP) is 4.41. The van der Waals surface area contributed by atoms with E-state index in [9.17, 15) is 4.39 Å². The average Bonchev–Trinajstić information content (AvgIpc) is 3.36. The SMILES string of the molecule is Fc1ccc(CN(Cc2ccncc2)Cc2ccc(-c3ccn[nH]3)o2)cc1. The van der Waals surface area contributed by atoms with Gasteiger partial charge in [-0.3, -0.25) is 15.0 Å². The molecule has 0 atom stereocenters. The summed E-state index contributed by atoms with van der Waals surface area (Å²) in [6, 6.07) is 16.4. The molecule has 0 saturated heterocycles. The summed E-state index contributed by atoms with van der Waals surface area (Å²) in [5.74, 6) is 1.39. The van der Waals surface area contributed by atoms with Crippen molar-refractivity contribution in [2.45, 2.75) is 19.6 Å². The normalized spacial score (nSPS) is 11.2. The van der Waals surface area contributed by atoms with E-state index in [1.54, 1.807) is 18.6 Å². The molecule has 3 aromatic heterocycles. The third-order valence-corrected chi connectivity index (χ3v) is 4.28. The number of rotatable bonds is 7. The van der Waals surface area contributed by atoms with Crippen molar-refractivity contribution < 1.29 is 8.81 Å². The number of hydrogen-bond donors (Lipinski definition) is 1. The first-order chi connectivity index (χ1) is 13.3. The Balaban J connectivity index is 1.52. The first-order valence-electron chi connectivity index (χ1n) is 8.70. The minimum atomic E-state index is -0.227. The van der Waals surface area contributed by atoms with Crippen molar-refractivity contribution in [3.63, 3.8) is 0 Å². The fraction of sp³-hybridized carbons (Fsp3) is 0.143. The number of benzene rings is 1. The van der Waals surface area contributed by atoms with Crippen LogP contribution in [0.2, 0.25) is 0 Å². The quantitative estimate of drug-likeness (QED) is 0.529. The van der Waals surface area contributed by atoms with Gasteiger partial charge in [-0.2, -0.15) is 5.10 Å². The van der Waals surface area contributed by atoms with Crippen LogP contribution in [-0.4, -0.2) is 20.1 Å². The second-order valence-corrected chi connectivity index (χ2v) is 6.36. The van der Waals surface area contributed by atoms with Gasteiger partial charge < -0.3 is 4.42 Å². The molecule has 6 heteroatoms. The lowest BCUT2D eigenvalue weighted by Crippen LogP contribution is -2.22. The van der Waals surface area contributed by atoms with Crippen molar-refractivity contribution in [3.05, 3.63) is 95.9 Å². The number of aromatic amines is 1. The van der Waals surface area contributed by atoms with Crippen LogP contribution >= 0.6 is 0 Å². The maximum absolute atomic E-state index is 13.2. The Morgan fingerprint density at radius 1 is 0.815 bits per heavy atom. The van der Waals surface area contributed by atoms with E-state index in [-0.39, 0.29) is 5.82 Å². The fourth-order valence-electron chi connectivity index (χ4n) is 2.98. The first-order valence-corrected chi connectivity index (χ1v) is 8.70. The van der Waals surface area contributed by atoms with Crippen molar-refractivity contribution in [1.82, 2.24) is 20.1 Å². The summed E-state index contributed by atoms with van der Waals surface area (Å²) >= 11 is 0. The molecule has 0 fully saturated rings. The molecule has 0 spiro atoms. The summed E-state index contributed by atoms with van der Waals surface area (Å²) in [7, 11) is 0. The molecule has 3 heterocycles. The third kappa shape index (κ3) is 4.48.